The number of carbonyl (C=O) groups is 2. The van der Waals surface area contributed by atoms with Gasteiger partial charge >= 0.3 is 0 Å². The highest BCUT2D eigenvalue weighted by Crippen LogP contribution is 2.14. The zero-order valence-corrected chi connectivity index (χ0v) is 16.5. The van der Waals surface area contributed by atoms with Crippen LogP contribution in [0.5, 0.6) is 0 Å². The molecule has 7 heteroatoms. The Morgan fingerprint density at radius 1 is 1.00 bits per heavy atom. The molecule has 0 aliphatic heterocycles. The van der Waals surface area contributed by atoms with E-state index < -0.39 is 11.8 Å². The summed E-state index contributed by atoms with van der Waals surface area (Å²) in [5.41, 5.74) is 6.49. The second-order valence-corrected chi connectivity index (χ2v) is 6.93. The van der Waals surface area contributed by atoms with Crippen molar-refractivity contribution in [3.63, 3.8) is 0 Å². The topological polar surface area (TPSA) is 93.1 Å². The number of amides is 2. The third kappa shape index (κ3) is 4.57. The van der Waals surface area contributed by atoms with Gasteiger partial charge in [-0.05, 0) is 38.5 Å². The lowest BCUT2D eigenvalue weighted by Gasteiger charge is -2.13. The fourth-order valence-electron chi connectivity index (χ4n) is 2.79. The fourth-order valence-corrected chi connectivity index (χ4v) is 2.79. The second kappa shape index (κ2) is 8.52. The molecular formula is C22H22N4O3. The van der Waals surface area contributed by atoms with Crippen molar-refractivity contribution in [2.75, 3.05) is 0 Å². The van der Waals surface area contributed by atoms with Crippen molar-refractivity contribution in [3.05, 3.63) is 81.8 Å². The molecule has 0 aliphatic rings. The van der Waals surface area contributed by atoms with Gasteiger partial charge in [0.1, 0.15) is 0 Å². The number of rotatable bonds is 4. The second-order valence-electron chi connectivity index (χ2n) is 6.93. The number of hydrogen-bond donors (Lipinski definition) is 2. The van der Waals surface area contributed by atoms with Crippen LogP contribution in [0.2, 0.25) is 0 Å². The van der Waals surface area contributed by atoms with Crippen LogP contribution < -0.4 is 16.4 Å². The maximum Gasteiger partial charge on any atom is 0.290 e. The Kier molecular flexibility index (Phi) is 5.87. The van der Waals surface area contributed by atoms with E-state index in [1.165, 1.54) is 10.8 Å². The van der Waals surface area contributed by atoms with Crippen LogP contribution >= 0.6 is 0 Å². The van der Waals surface area contributed by atoms with Gasteiger partial charge in [-0.25, -0.2) is 4.68 Å². The molecule has 3 rings (SSSR count). The van der Waals surface area contributed by atoms with E-state index in [0.29, 0.717) is 10.8 Å². The molecule has 0 saturated carbocycles. The predicted octanol–water partition coefficient (Wildman–Crippen LogP) is 2.76. The maximum atomic E-state index is 12.6. The van der Waals surface area contributed by atoms with Gasteiger partial charge in [0.05, 0.1) is 11.4 Å². The minimum atomic E-state index is -0.604. The average molecular weight is 390 g/mol. The third-order valence-electron chi connectivity index (χ3n) is 4.34. The summed E-state index contributed by atoms with van der Waals surface area (Å²) in [6.45, 7) is 5.60. The molecule has 0 unspecified atom stereocenters. The van der Waals surface area contributed by atoms with Crippen LogP contribution in [-0.2, 0) is 4.79 Å². The van der Waals surface area contributed by atoms with E-state index in [4.69, 9.17) is 0 Å². The van der Waals surface area contributed by atoms with Crippen molar-refractivity contribution in [3.8, 4) is 0 Å². The van der Waals surface area contributed by atoms with Crippen LogP contribution in [0.4, 0.5) is 0 Å². The molecular weight excluding hydrogens is 368 g/mol. The molecule has 0 atom stereocenters. The number of hydrazine groups is 1. The van der Waals surface area contributed by atoms with Crippen molar-refractivity contribution in [1.82, 2.24) is 20.6 Å². The third-order valence-corrected chi connectivity index (χ3v) is 4.34. The van der Waals surface area contributed by atoms with Gasteiger partial charge in [0, 0.05) is 11.5 Å². The molecule has 1 aromatic heterocycles. The summed E-state index contributed by atoms with van der Waals surface area (Å²) in [7, 11) is 0. The number of aryl methyl sites for hydroxylation is 1. The molecule has 3 aromatic rings. The van der Waals surface area contributed by atoms with Gasteiger partial charge in [-0.15, -0.1) is 0 Å². The Morgan fingerprint density at radius 3 is 2.31 bits per heavy atom. The Morgan fingerprint density at radius 2 is 1.66 bits per heavy atom. The number of benzene rings is 2. The average Bonchev–Trinajstić information content (AvgIpc) is 2.71. The van der Waals surface area contributed by atoms with E-state index in [2.05, 4.69) is 16.0 Å². The lowest BCUT2D eigenvalue weighted by molar-refractivity contribution is -0.117. The van der Waals surface area contributed by atoms with E-state index in [1.807, 2.05) is 45.0 Å². The summed E-state index contributed by atoms with van der Waals surface area (Å²) in [6.07, 6.45) is 2.97. The van der Waals surface area contributed by atoms with E-state index in [-0.39, 0.29) is 17.3 Å². The van der Waals surface area contributed by atoms with E-state index >= 15 is 0 Å². The first-order chi connectivity index (χ1) is 13.9. The molecule has 2 aromatic carbocycles. The van der Waals surface area contributed by atoms with Gasteiger partial charge in [0.15, 0.2) is 5.69 Å². The molecule has 0 aliphatic carbocycles. The molecule has 0 fully saturated rings. The molecule has 2 N–H and O–H groups in total. The molecule has 1 heterocycles. The minimum absolute atomic E-state index is 0.0664. The quantitative estimate of drug-likeness (QED) is 0.529. The van der Waals surface area contributed by atoms with E-state index in [0.717, 1.165) is 11.1 Å². The van der Waals surface area contributed by atoms with Crippen molar-refractivity contribution in [2.45, 2.75) is 26.8 Å². The van der Waals surface area contributed by atoms with Gasteiger partial charge in [0.2, 0.25) is 0 Å². The van der Waals surface area contributed by atoms with E-state index in [1.54, 1.807) is 30.3 Å². The van der Waals surface area contributed by atoms with Crippen molar-refractivity contribution >= 4 is 28.7 Å². The monoisotopic (exact) mass is 390 g/mol. The highest BCUT2D eigenvalue weighted by Gasteiger charge is 2.17. The lowest BCUT2D eigenvalue weighted by Crippen LogP contribution is -2.42. The molecule has 0 bridgehead atoms. The minimum Gasteiger partial charge on any atom is -0.268 e. The van der Waals surface area contributed by atoms with Gasteiger partial charge in [0.25, 0.3) is 17.4 Å². The van der Waals surface area contributed by atoms with Crippen LogP contribution in [0, 0.1) is 6.92 Å². The van der Waals surface area contributed by atoms with Crippen LogP contribution in [0.1, 0.15) is 41.5 Å². The molecule has 0 saturated heterocycles. The smallest absolute Gasteiger partial charge is 0.268 e. The largest absolute Gasteiger partial charge is 0.290 e. The lowest BCUT2D eigenvalue weighted by atomic mass is 10.1. The van der Waals surface area contributed by atoms with Crippen LogP contribution in [0.25, 0.3) is 16.8 Å². The molecule has 7 nitrogen and oxygen atoms in total. The summed E-state index contributed by atoms with van der Waals surface area (Å²) in [5.74, 6) is -1.09. The summed E-state index contributed by atoms with van der Waals surface area (Å²) in [4.78, 5) is 37.2. The SMILES string of the molecule is Cc1ccc(C=CC(=O)NNC(=O)c2nn(C(C)C)c(=O)c3ccccc23)cc1. The van der Waals surface area contributed by atoms with Crippen molar-refractivity contribution in [1.29, 1.82) is 0 Å². The summed E-state index contributed by atoms with van der Waals surface area (Å²) in [6, 6.07) is 14.2. The summed E-state index contributed by atoms with van der Waals surface area (Å²) in [5, 5.41) is 5.02. The highest BCUT2D eigenvalue weighted by molar-refractivity contribution is 6.05. The Balaban J connectivity index is 1.78. The number of aromatic nitrogens is 2. The molecule has 0 radical (unpaired) electrons. The first kappa shape index (κ1) is 20.0. The number of fused-ring (bicyclic) bond motifs is 1. The van der Waals surface area contributed by atoms with Gasteiger partial charge in [-0.1, -0.05) is 48.0 Å². The number of nitrogens with one attached hydrogen (secondary N) is 2. The molecule has 29 heavy (non-hydrogen) atoms. The molecule has 2 amide bonds. The van der Waals surface area contributed by atoms with Crippen molar-refractivity contribution < 1.29 is 9.59 Å². The molecule has 148 valence electrons. The van der Waals surface area contributed by atoms with Crippen LogP contribution in [-0.4, -0.2) is 21.6 Å². The highest BCUT2D eigenvalue weighted by atomic mass is 16.2. The number of nitrogens with zero attached hydrogens (tertiary/aromatic N) is 2. The van der Waals surface area contributed by atoms with Gasteiger partial charge < -0.3 is 0 Å². The number of carbonyl (C=O) groups excluding carboxylic acids is 2. The Hall–Kier alpha value is -3.74. The Bertz CT molecular complexity index is 1140. The first-order valence-electron chi connectivity index (χ1n) is 9.23. The van der Waals surface area contributed by atoms with Crippen LogP contribution in [0.3, 0.4) is 0 Å². The van der Waals surface area contributed by atoms with Crippen molar-refractivity contribution in [2.24, 2.45) is 0 Å². The zero-order valence-electron chi connectivity index (χ0n) is 16.5. The number of hydrogen-bond acceptors (Lipinski definition) is 4. The fraction of sp³-hybridized carbons (Fsp3) is 0.182. The normalized spacial score (nSPS) is 11.2. The predicted molar refractivity (Wildman–Crippen MR) is 112 cm³/mol. The first-order valence-corrected chi connectivity index (χ1v) is 9.23. The van der Waals surface area contributed by atoms with Gasteiger partial charge in [-0.3, -0.25) is 25.2 Å². The Labute approximate surface area is 168 Å². The summed E-state index contributed by atoms with van der Waals surface area (Å²) >= 11 is 0. The molecule has 0 spiro atoms. The van der Waals surface area contributed by atoms with Gasteiger partial charge in [-0.2, -0.15) is 5.10 Å². The summed E-state index contributed by atoms with van der Waals surface area (Å²) < 4.78 is 1.26. The van der Waals surface area contributed by atoms with Crippen LogP contribution in [0.15, 0.2) is 59.4 Å². The standard InChI is InChI=1S/C22H22N4O3/c1-14(2)26-22(29)18-7-5-4-6-17(18)20(25-26)21(28)24-23-19(27)13-12-16-10-8-15(3)9-11-16/h4-14H,1-3H3,(H,23,27)(H,24,28). The maximum absolute atomic E-state index is 12.6. The zero-order chi connectivity index (χ0) is 21.0. The van der Waals surface area contributed by atoms with E-state index in [9.17, 15) is 14.4 Å².